The molecule has 1 amide bonds. The summed E-state index contributed by atoms with van der Waals surface area (Å²) in [4.78, 5) is 14.9. The molecule has 1 heterocycles. The Labute approximate surface area is 154 Å². The number of carbonyl (C=O) groups excluding carboxylic acids is 1. The molecule has 1 aliphatic rings. The fraction of sp³-hybridized carbons (Fsp3) is 0.381. The summed E-state index contributed by atoms with van der Waals surface area (Å²) < 4.78 is 11.4. The van der Waals surface area contributed by atoms with Crippen LogP contribution in [0.15, 0.2) is 54.6 Å². The predicted octanol–water partition coefficient (Wildman–Crippen LogP) is 3.03. The maximum absolute atomic E-state index is 12.6. The topological polar surface area (TPSA) is 50.8 Å². The Kier molecular flexibility index (Phi) is 6.12. The molecule has 0 aromatic heterocycles. The van der Waals surface area contributed by atoms with Gasteiger partial charge in [0.25, 0.3) is 5.91 Å². The largest absolute Gasteiger partial charge is 0.485 e. The van der Waals surface area contributed by atoms with Crippen LogP contribution in [0.4, 0.5) is 0 Å². The van der Waals surface area contributed by atoms with Gasteiger partial charge in [-0.15, -0.1) is 0 Å². The summed E-state index contributed by atoms with van der Waals surface area (Å²) in [7, 11) is 0. The van der Waals surface area contributed by atoms with Crippen LogP contribution in [0.5, 0.6) is 11.5 Å². The SMILES string of the molecule is CCN(CC)C(CNC(=O)C1COc2ccccc2O1)c1ccccc1. The van der Waals surface area contributed by atoms with Crippen molar-refractivity contribution in [3.63, 3.8) is 0 Å². The molecular formula is C21H26N2O3. The fourth-order valence-electron chi connectivity index (χ4n) is 3.26. The summed E-state index contributed by atoms with van der Waals surface area (Å²) >= 11 is 0. The average Bonchev–Trinajstić information content (AvgIpc) is 2.71. The van der Waals surface area contributed by atoms with Gasteiger partial charge < -0.3 is 14.8 Å². The van der Waals surface area contributed by atoms with Crippen LogP contribution in [0.2, 0.25) is 0 Å². The van der Waals surface area contributed by atoms with Gasteiger partial charge in [-0.1, -0.05) is 56.3 Å². The summed E-state index contributed by atoms with van der Waals surface area (Å²) in [6.07, 6.45) is -0.627. The monoisotopic (exact) mass is 354 g/mol. The van der Waals surface area contributed by atoms with Crippen molar-refractivity contribution in [3.8, 4) is 11.5 Å². The molecule has 2 unspecified atom stereocenters. The molecule has 1 aliphatic heterocycles. The normalized spacial score (nSPS) is 17.0. The molecule has 0 spiro atoms. The van der Waals surface area contributed by atoms with Crippen LogP contribution >= 0.6 is 0 Å². The van der Waals surface area contributed by atoms with E-state index in [-0.39, 0.29) is 18.6 Å². The molecule has 0 bridgehead atoms. The molecule has 2 aromatic carbocycles. The molecule has 0 saturated carbocycles. The van der Waals surface area contributed by atoms with Gasteiger partial charge in [0.15, 0.2) is 11.5 Å². The molecule has 0 saturated heterocycles. The zero-order valence-electron chi connectivity index (χ0n) is 15.4. The first-order valence-corrected chi connectivity index (χ1v) is 9.18. The van der Waals surface area contributed by atoms with Gasteiger partial charge in [-0.25, -0.2) is 0 Å². The van der Waals surface area contributed by atoms with Crippen molar-refractivity contribution in [1.29, 1.82) is 0 Å². The van der Waals surface area contributed by atoms with Crippen LogP contribution in [-0.2, 0) is 4.79 Å². The molecular weight excluding hydrogens is 328 g/mol. The van der Waals surface area contributed by atoms with E-state index in [1.54, 1.807) is 0 Å². The molecule has 5 nitrogen and oxygen atoms in total. The maximum Gasteiger partial charge on any atom is 0.264 e. The Hall–Kier alpha value is -2.53. The van der Waals surface area contributed by atoms with Crippen molar-refractivity contribution in [1.82, 2.24) is 10.2 Å². The lowest BCUT2D eigenvalue weighted by molar-refractivity contribution is -0.130. The van der Waals surface area contributed by atoms with E-state index in [4.69, 9.17) is 9.47 Å². The second kappa shape index (κ2) is 8.72. The smallest absolute Gasteiger partial charge is 0.264 e. The van der Waals surface area contributed by atoms with Crippen LogP contribution < -0.4 is 14.8 Å². The molecule has 3 rings (SSSR count). The Bertz CT molecular complexity index is 716. The maximum atomic E-state index is 12.6. The van der Waals surface area contributed by atoms with Crippen molar-refractivity contribution >= 4 is 5.91 Å². The number of hydrogen-bond donors (Lipinski definition) is 1. The average molecular weight is 354 g/mol. The number of nitrogens with zero attached hydrogens (tertiary/aromatic N) is 1. The quantitative estimate of drug-likeness (QED) is 0.830. The minimum atomic E-state index is -0.627. The molecule has 0 fully saturated rings. The lowest BCUT2D eigenvalue weighted by Crippen LogP contribution is -2.46. The van der Waals surface area contributed by atoms with Gasteiger partial charge >= 0.3 is 0 Å². The third-order valence-electron chi connectivity index (χ3n) is 4.71. The summed E-state index contributed by atoms with van der Waals surface area (Å²) in [5, 5.41) is 3.05. The molecule has 1 N–H and O–H groups in total. The van der Waals surface area contributed by atoms with Crippen LogP contribution in [-0.4, -0.2) is 43.2 Å². The number of likely N-dealkylation sites (N-methyl/N-ethyl adjacent to an activating group) is 1. The standard InChI is InChI=1S/C21H26N2O3/c1-3-23(4-2)17(16-10-6-5-7-11-16)14-22-21(24)20-15-25-18-12-8-9-13-19(18)26-20/h5-13,17,20H,3-4,14-15H2,1-2H3,(H,22,24). The van der Waals surface area contributed by atoms with Crippen molar-refractivity contribution in [3.05, 3.63) is 60.2 Å². The first kappa shape index (κ1) is 18.3. The number of para-hydroxylation sites is 2. The molecule has 0 aliphatic carbocycles. The number of nitrogens with one attached hydrogen (secondary N) is 1. The summed E-state index contributed by atoms with van der Waals surface area (Å²) in [6, 6.07) is 17.8. The van der Waals surface area contributed by atoms with Gasteiger partial charge in [0.2, 0.25) is 6.10 Å². The first-order chi connectivity index (χ1) is 12.7. The van der Waals surface area contributed by atoms with Crippen LogP contribution in [0.3, 0.4) is 0 Å². The molecule has 5 heteroatoms. The highest BCUT2D eigenvalue weighted by Gasteiger charge is 2.28. The number of ether oxygens (including phenoxy) is 2. The van der Waals surface area contributed by atoms with E-state index in [0.29, 0.717) is 18.0 Å². The van der Waals surface area contributed by atoms with E-state index < -0.39 is 6.10 Å². The highest BCUT2D eigenvalue weighted by molar-refractivity contribution is 5.81. The van der Waals surface area contributed by atoms with Crippen molar-refractivity contribution in [2.45, 2.75) is 26.0 Å². The zero-order valence-corrected chi connectivity index (χ0v) is 15.4. The summed E-state index contributed by atoms with van der Waals surface area (Å²) in [6.45, 7) is 6.87. The van der Waals surface area contributed by atoms with E-state index in [1.165, 1.54) is 5.56 Å². The predicted molar refractivity (Wildman–Crippen MR) is 101 cm³/mol. The number of carbonyl (C=O) groups is 1. The Morgan fingerprint density at radius 2 is 1.73 bits per heavy atom. The van der Waals surface area contributed by atoms with Crippen molar-refractivity contribution < 1.29 is 14.3 Å². The number of amides is 1. The van der Waals surface area contributed by atoms with E-state index >= 15 is 0 Å². The molecule has 2 aromatic rings. The second-order valence-electron chi connectivity index (χ2n) is 6.26. The number of hydrogen-bond acceptors (Lipinski definition) is 4. The number of benzene rings is 2. The van der Waals surface area contributed by atoms with Crippen LogP contribution in [0.1, 0.15) is 25.5 Å². The van der Waals surface area contributed by atoms with E-state index in [2.05, 4.69) is 36.2 Å². The van der Waals surface area contributed by atoms with Gasteiger partial charge in [-0.05, 0) is 30.8 Å². The van der Waals surface area contributed by atoms with Gasteiger partial charge in [-0.2, -0.15) is 0 Å². The highest BCUT2D eigenvalue weighted by atomic mass is 16.6. The molecule has 138 valence electrons. The van der Waals surface area contributed by atoms with Gasteiger partial charge in [0, 0.05) is 6.54 Å². The summed E-state index contributed by atoms with van der Waals surface area (Å²) in [5.74, 6) is 1.15. The molecule has 26 heavy (non-hydrogen) atoms. The van der Waals surface area contributed by atoms with Gasteiger partial charge in [0.1, 0.15) is 6.61 Å². The molecule has 2 atom stereocenters. The van der Waals surface area contributed by atoms with Crippen molar-refractivity contribution in [2.24, 2.45) is 0 Å². The van der Waals surface area contributed by atoms with E-state index in [9.17, 15) is 4.79 Å². The Balaban J connectivity index is 1.64. The minimum absolute atomic E-state index is 0.131. The van der Waals surface area contributed by atoms with E-state index in [0.717, 1.165) is 13.1 Å². The van der Waals surface area contributed by atoms with Crippen LogP contribution in [0.25, 0.3) is 0 Å². The Morgan fingerprint density at radius 3 is 2.42 bits per heavy atom. The molecule has 0 radical (unpaired) electrons. The lowest BCUT2D eigenvalue weighted by Gasteiger charge is -2.31. The fourth-order valence-corrected chi connectivity index (χ4v) is 3.26. The zero-order chi connectivity index (χ0) is 18.4. The third kappa shape index (κ3) is 4.17. The Morgan fingerprint density at radius 1 is 1.08 bits per heavy atom. The lowest BCUT2D eigenvalue weighted by atomic mass is 10.0. The third-order valence-corrected chi connectivity index (χ3v) is 4.71. The van der Waals surface area contributed by atoms with E-state index in [1.807, 2.05) is 42.5 Å². The minimum Gasteiger partial charge on any atom is -0.485 e. The van der Waals surface area contributed by atoms with Crippen LogP contribution in [0, 0.1) is 0 Å². The second-order valence-corrected chi connectivity index (χ2v) is 6.26. The number of fused-ring (bicyclic) bond motifs is 1. The summed E-state index contributed by atoms with van der Waals surface area (Å²) in [5.41, 5.74) is 1.20. The number of rotatable bonds is 7. The van der Waals surface area contributed by atoms with Gasteiger partial charge in [-0.3, -0.25) is 9.69 Å². The van der Waals surface area contributed by atoms with Gasteiger partial charge in [0.05, 0.1) is 6.04 Å². The van der Waals surface area contributed by atoms with Crippen molar-refractivity contribution in [2.75, 3.05) is 26.2 Å². The highest BCUT2D eigenvalue weighted by Crippen LogP contribution is 2.31. The first-order valence-electron chi connectivity index (χ1n) is 9.18.